The normalized spacial score (nSPS) is 12.6. The Morgan fingerprint density at radius 3 is 2.05 bits per heavy atom. The Morgan fingerprint density at radius 2 is 1.55 bits per heavy atom. The molecular weight excluding hydrogens is 381 g/mol. The molecule has 2 rings (SSSR count). The van der Waals surface area contributed by atoms with E-state index in [1.54, 1.807) is 0 Å². The van der Waals surface area contributed by atoms with E-state index in [4.69, 9.17) is 17.3 Å². The number of nitrogens with two attached hydrogens (primary N) is 1. The van der Waals surface area contributed by atoms with Crippen LogP contribution in [0.5, 0.6) is 0 Å². The Labute approximate surface area is 139 Å². The highest BCUT2D eigenvalue weighted by atomic mass is 127. The van der Waals surface area contributed by atoms with Gasteiger partial charge in [-0.3, -0.25) is 0 Å². The van der Waals surface area contributed by atoms with Crippen molar-refractivity contribution in [1.82, 2.24) is 0 Å². The quantitative estimate of drug-likeness (QED) is 0.688. The van der Waals surface area contributed by atoms with Gasteiger partial charge >= 0.3 is 0 Å². The van der Waals surface area contributed by atoms with E-state index in [0.717, 1.165) is 14.2 Å². The first-order chi connectivity index (χ1) is 9.32. The fourth-order valence-corrected chi connectivity index (χ4v) is 3.11. The summed E-state index contributed by atoms with van der Waals surface area (Å²) in [4.78, 5) is 0. The van der Waals surface area contributed by atoms with Crippen molar-refractivity contribution in [3.8, 4) is 0 Å². The van der Waals surface area contributed by atoms with Crippen LogP contribution in [-0.2, 0) is 0 Å². The standard InChI is InChI=1S/C17H19ClIN/c1-9-7-10(2)12(4)16(11(9)3)17(20)13-5-6-15(19)14(18)8-13/h5-8,17H,20H2,1-4H3. The Hall–Kier alpha value is -0.580. The van der Waals surface area contributed by atoms with Gasteiger partial charge in [0.1, 0.15) is 0 Å². The largest absolute Gasteiger partial charge is 0.320 e. The molecule has 0 aliphatic heterocycles. The predicted octanol–water partition coefficient (Wildman–Crippen LogP) is 5.23. The molecule has 0 spiro atoms. The molecule has 20 heavy (non-hydrogen) atoms. The first kappa shape index (κ1) is 15.8. The molecule has 0 heterocycles. The first-order valence-electron chi connectivity index (χ1n) is 6.60. The summed E-state index contributed by atoms with van der Waals surface area (Å²) in [6.07, 6.45) is 0. The van der Waals surface area contributed by atoms with E-state index in [1.165, 1.54) is 27.8 Å². The topological polar surface area (TPSA) is 26.0 Å². The maximum atomic E-state index is 6.51. The van der Waals surface area contributed by atoms with Crippen LogP contribution in [0.3, 0.4) is 0 Å². The fraction of sp³-hybridized carbons (Fsp3) is 0.294. The molecule has 0 aliphatic carbocycles. The van der Waals surface area contributed by atoms with Crippen molar-refractivity contribution in [2.24, 2.45) is 5.73 Å². The van der Waals surface area contributed by atoms with Gasteiger partial charge in [-0.05, 0) is 95.8 Å². The highest BCUT2D eigenvalue weighted by Gasteiger charge is 2.17. The maximum absolute atomic E-state index is 6.51. The van der Waals surface area contributed by atoms with Crippen molar-refractivity contribution in [1.29, 1.82) is 0 Å². The Kier molecular flexibility index (Phi) is 4.77. The lowest BCUT2D eigenvalue weighted by molar-refractivity contribution is 0.845. The maximum Gasteiger partial charge on any atom is 0.0557 e. The molecule has 3 heteroatoms. The molecule has 0 aromatic heterocycles. The van der Waals surface area contributed by atoms with E-state index in [-0.39, 0.29) is 6.04 Å². The second-order valence-electron chi connectivity index (χ2n) is 5.33. The van der Waals surface area contributed by atoms with Crippen molar-refractivity contribution < 1.29 is 0 Å². The third kappa shape index (κ3) is 2.87. The summed E-state index contributed by atoms with van der Waals surface area (Å²) < 4.78 is 1.05. The van der Waals surface area contributed by atoms with Crippen LogP contribution in [0.4, 0.5) is 0 Å². The van der Waals surface area contributed by atoms with Gasteiger partial charge in [-0.2, -0.15) is 0 Å². The van der Waals surface area contributed by atoms with Crippen LogP contribution in [0, 0.1) is 31.3 Å². The molecule has 0 fully saturated rings. The minimum Gasteiger partial charge on any atom is -0.320 e. The lowest BCUT2D eigenvalue weighted by atomic mass is 9.87. The number of benzene rings is 2. The molecule has 106 valence electrons. The average molecular weight is 400 g/mol. The Bertz CT molecular complexity index is 638. The summed E-state index contributed by atoms with van der Waals surface area (Å²) >= 11 is 8.45. The molecule has 2 aromatic rings. The van der Waals surface area contributed by atoms with Crippen LogP contribution in [0.25, 0.3) is 0 Å². The zero-order valence-electron chi connectivity index (χ0n) is 12.2. The number of hydrogen-bond acceptors (Lipinski definition) is 1. The van der Waals surface area contributed by atoms with E-state index >= 15 is 0 Å². The summed E-state index contributed by atoms with van der Waals surface area (Å²) in [7, 11) is 0. The highest BCUT2D eigenvalue weighted by Crippen LogP contribution is 2.31. The molecule has 0 bridgehead atoms. The molecule has 2 aromatic carbocycles. The van der Waals surface area contributed by atoms with Crippen molar-refractivity contribution >= 4 is 34.2 Å². The first-order valence-corrected chi connectivity index (χ1v) is 8.06. The molecule has 0 saturated carbocycles. The molecule has 1 unspecified atom stereocenters. The van der Waals surface area contributed by atoms with Crippen LogP contribution < -0.4 is 5.73 Å². The highest BCUT2D eigenvalue weighted by molar-refractivity contribution is 14.1. The Balaban J connectivity index is 2.58. The molecule has 0 saturated heterocycles. The SMILES string of the molecule is Cc1cc(C)c(C)c(C(N)c2ccc(I)c(Cl)c2)c1C. The summed E-state index contributed by atoms with van der Waals surface area (Å²) in [5, 5.41) is 0.762. The smallest absolute Gasteiger partial charge is 0.0557 e. The summed E-state index contributed by atoms with van der Waals surface area (Å²) in [5.74, 6) is 0. The van der Waals surface area contributed by atoms with E-state index in [9.17, 15) is 0 Å². The predicted molar refractivity (Wildman–Crippen MR) is 95.6 cm³/mol. The van der Waals surface area contributed by atoms with Gasteiger partial charge in [-0.25, -0.2) is 0 Å². The van der Waals surface area contributed by atoms with Crippen LogP contribution in [0.2, 0.25) is 5.02 Å². The molecule has 1 nitrogen and oxygen atoms in total. The number of hydrogen-bond donors (Lipinski definition) is 1. The van der Waals surface area contributed by atoms with Gasteiger partial charge in [0.25, 0.3) is 0 Å². The van der Waals surface area contributed by atoms with Crippen LogP contribution in [0.15, 0.2) is 24.3 Å². The molecule has 2 N–H and O–H groups in total. The van der Waals surface area contributed by atoms with Gasteiger partial charge in [0.2, 0.25) is 0 Å². The van der Waals surface area contributed by atoms with Crippen molar-refractivity contribution in [2.45, 2.75) is 33.7 Å². The third-order valence-corrected chi connectivity index (χ3v) is 5.61. The number of aryl methyl sites for hydroxylation is 2. The summed E-state index contributed by atoms with van der Waals surface area (Å²) in [5.41, 5.74) is 13.9. The van der Waals surface area contributed by atoms with Gasteiger partial charge in [-0.1, -0.05) is 23.7 Å². The number of rotatable bonds is 2. The lowest BCUT2D eigenvalue weighted by Crippen LogP contribution is -2.16. The fourth-order valence-electron chi connectivity index (χ4n) is 2.59. The van der Waals surface area contributed by atoms with E-state index in [2.05, 4.69) is 62.4 Å². The second kappa shape index (κ2) is 6.04. The molecule has 0 radical (unpaired) electrons. The third-order valence-electron chi connectivity index (χ3n) is 4.04. The zero-order valence-corrected chi connectivity index (χ0v) is 15.1. The second-order valence-corrected chi connectivity index (χ2v) is 6.89. The van der Waals surface area contributed by atoms with Crippen LogP contribution in [-0.4, -0.2) is 0 Å². The van der Waals surface area contributed by atoms with Crippen LogP contribution >= 0.6 is 34.2 Å². The van der Waals surface area contributed by atoms with Crippen molar-refractivity contribution in [2.75, 3.05) is 0 Å². The molecule has 1 atom stereocenters. The zero-order chi connectivity index (χ0) is 15.0. The van der Waals surface area contributed by atoms with Crippen molar-refractivity contribution in [3.63, 3.8) is 0 Å². The monoisotopic (exact) mass is 399 g/mol. The van der Waals surface area contributed by atoms with Gasteiger partial charge in [-0.15, -0.1) is 0 Å². The molecule has 0 aliphatic rings. The van der Waals surface area contributed by atoms with Gasteiger partial charge in [0.15, 0.2) is 0 Å². The minimum absolute atomic E-state index is 0.136. The lowest BCUT2D eigenvalue weighted by Gasteiger charge is -2.21. The van der Waals surface area contributed by atoms with Gasteiger partial charge in [0.05, 0.1) is 11.1 Å². The van der Waals surface area contributed by atoms with E-state index in [0.29, 0.717) is 0 Å². The van der Waals surface area contributed by atoms with Gasteiger partial charge in [0, 0.05) is 3.57 Å². The van der Waals surface area contributed by atoms with E-state index in [1.807, 2.05) is 12.1 Å². The summed E-state index contributed by atoms with van der Waals surface area (Å²) in [6.45, 7) is 8.56. The summed E-state index contributed by atoms with van der Waals surface area (Å²) in [6, 6.07) is 8.15. The molecule has 0 amide bonds. The number of halogens is 2. The Morgan fingerprint density at radius 1 is 1.00 bits per heavy atom. The van der Waals surface area contributed by atoms with Crippen molar-refractivity contribution in [3.05, 3.63) is 66.2 Å². The van der Waals surface area contributed by atoms with Crippen LogP contribution in [0.1, 0.15) is 39.4 Å². The van der Waals surface area contributed by atoms with Gasteiger partial charge < -0.3 is 5.73 Å². The van der Waals surface area contributed by atoms with E-state index < -0.39 is 0 Å². The molecular formula is C17H19ClIN. The average Bonchev–Trinajstić information content (AvgIpc) is 2.40. The minimum atomic E-state index is -0.136.